The maximum atomic E-state index is 11.8. The molecule has 1 heterocycles. The molecule has 2 rings (SSSR count). The molecule has 1 aromatic heterocycles. The Morgan fingerprint density at radius 1 is 1.38 bits per heavy atom. The highest BCUT2D eigenvalue weighted by molar-refractivity contribution is 7.15. The van der Waals surface area contributed by atoms with Crippen LogP contribution in [0.5, 0.6) is 0 Å². The van der Waals surface area contributed by atoms with E-state index in [1.807, 2.05) is 0 Å². The second kappa shape index (κ2) is 6.27. The Kier molecular flexibility index (Phi) is 4.43. The van der Waals surface area contributed by atoms with Crippen LogP contribution < -0.4 is 10.6 Å². The van der Waals surface area contributed by atoms with E-state index in [2.05, 4.69) is 20.8 Å². The molecule has 0 aliphatic heterocycles. The smallest absolute Gasteiger partial charge is 0.271 e. The van der Waals surface area contributed by atoms with E-state index in [4.69, 9.17) is 0 Å². The summed E-state index contributed by atoms with van der Waals surface area (Å²) >= 11 is 1.28. The molecule has 0 saturated carbocycles. The van der Waals surface area contributed by atoms with E-state index in [0.29, 0.717) is 10.8 Å². The normalized spacial score (nSPS) is 10.2. The third-order valence-corrected chi connectivity index (χ3v) is 3.40. The van der Waals surface area contributed by atoms with Crippen molar-refractivity contribution in [3.05, 3.63) is 38.9 Å². The first kappa shape index (κ1) is 14.9. The topological polar surface area (TPSA) is 110 Å². The molecule has 21 heavy (non-hydrogen) atoms. The summed E-state index contributed by atoms with van der Waals surface area (Å²) in [6.45, 7) is 3.58. The minimum Gasteiger partial charge on any atom is -0.376 e. The van der Waals surface area contributed by atoms with Crippen molar-refractivity contribution in [2.45, 2.75) is 13.8 Å². The number of hydrogen-bond acceptors (Lipinski definition) is 7. The number of benzene rings is 1. The van der Waals surface area contributed by atoms with Crippen LogP contribution in [0.25, 0.3) is 0 Å². The van der Waals surface area contributed by atoms with Gasteiger partial charge in [-0.3, -0.25) is 20.2 Å². The monoisotopic (exact) mass is 307 g/mol. The highest BCUT2D eigenvalue weighted by atomic mass is 32.1. The zero-order valence-corrected chi connectivity index (χ0v) is 12.2. The molecular formula is C12H13N5O3S. The highest BCUT2D eigenvalue weighted by Gasteiger charge is 2.10. The van der Waals surface area contributed by atoms with Gasteiger partial charge in [-0.05, 0) is 19.4 Å². The van der Waals surface area contributed by atoms with Crippen LogP contribution in [0.3, 0.4) is 0 Å². The summed E-state index contributed by atoms with van der Waals surface area (Å²) in [6, 6.07) is 4.45. The van der Waals surface area contributed by atoms with Gasteiger partial charge in [-0.2, -0.15) is 0 Å². The van der Waals surface area contributed by atoms with Crippen molar-refractivity contribution in [3.63, 3.8) is 0 Å². The number of nitrogens with zero attached hydrogens (tertiary/aromatic N) is 3. The second-order valence-electron chi connectivity index (χ2n) is 4.28. The van der Waals surface area contributed by atoms with E-state index in [-0.39, 0.29) is 18.1 Å². The van der Waals surface area contributed by atoms with Crippen LogP contribution in [0.4, 0.5) is 16.5 Å². The SMILES string of the molecule is Cc1nnc(NC(=O)CNc2cc([N+](=O)[O-])ccc2C)s1. The van der Waals surface area contributed by atoms with Crippen LogP contribution in [0.2, 0.25) is 0 Å². The predicted octanol–water partition coefficient (Wildman–Crippen LogP) is 2.11. The molecule has 1 aromatic carbocycles. The lowest BCUT2D eigenvalue weighted by molar-refractivity contribution is -0.384. The number of anilines is 2. The number of nitrogens with one attached hydrogen (secondary N) is 2. The van der Waals surface area contributed by atoms with Gasteiger partial charge in [0.2, 0.25) is 11.0 Å². The fraction of sp³-hybridized carbons (Fsp3) is 0.250. The summed E-state index contributed by atoms with van der Waals surface area (Å²) in [7, 11) is 0. The molecule has 0 aliphatic rings. The Balaban J connectivity index is 1.97. The standard InChI is InChI=1S/C12H13N5O3S/c1-7-3-4-9(17(19)20)5-10(7)13-6-11(18)14-12-16-15-8(2)21-12/h3-5,13H,6H2,1-2H3,(H,14,16,18). The molecule has 2 N–H and O–H groups in total. The zero-order chi connectivity index (χ0) is 15.4. The van der Waals surface area contributed by atoms with Gasteiger partial charge in [-0.1, -0.05) is 17.4 Å². The Morgan fingerprint density at radius 3 is 2.76 bits per heavy atom. The van der Waals surface area contributed by atoms with Crippen molar-refractivity contribution in [2.24, 2.45) is 0 Å². The van der Waals surface area contributed by atoms with Crippen LogP contribution in [-0.4, -0.2) is 27.6 Å². The van der Waals surface area contributed by atoms with Crippen LogP contribution in [0.15, 0.2) is 18.2 Å². The zero-order valence-electron chi connectivity index (χ0n) is 11.4. The number of nitro benzene ring substituents is 1. The van der Waals surface area contributed by atoms with Crippen molar-refractivity contribution >= 4 is 33.8 Å². The number of aromatic nitrogens is 2. The molecule has 0 bridgehead atoms. The number of carbonyl (C=O) groups is 1. The molecular weight excluding hydrogens is 294 g/mol. The average molecular weight is 307 g/mol. The van der Waals surface area contributed by atoms with Gasteiger partial charge in [0.1, 0.15) is 5.01 Å². The first-order valence-electron chi connectivity index (χ1n) is 6.04. The lowest BCUT2D eigenvalue weighted by Crippen LogP contribution is -2.22. The molecule has 9 heteroatoms. The minimum atomic E-state index is -0.477. The Morgan fingerprint density at radius 2 is 2.14 bits per heavy atom. The number of amides is 1. The Hall–Kier alpha value is -2.55. The quantitative estimate of drug-likeness (QED) is 0.646. The summed E-state index contributed by atoms with van der Waals surface area (Å²) in [6.07, 6.45) is 0. The first-order valence-corrected chi connectivity index (χ1v) is 6.86. The van der Waals surface area contributed by atoms with E-state index in [9.17, 15) is 14.9 Å². The van der Waals surface area contributed by atoms with E-state index in [1.54, 1.807) is 19.9 Å². The highest BCUT2D eigenvalue weighted by Crippen LogP contribution is 2.21. The summed E-state index contributed by atoms with van der Waals surface area (Å²) in [5.74, 6) is -0.294. The predicted molar refractivity (Wildman–Crippen MR) is 79.6 cm³/mol. The molecule has 8 nitrogen and oxygen atoms in total. The number of hydrogen-bond donors (Lipinski definition) is 2. The minimum absolute atomic E-state index is 0.0133. The van der Waals surface area contributed by atoms with Crippen molar-refractivity contribution in [1.29, 1.82) is 0 Å². The van der Waals surface area contributed by atoms with Crippen molar-refractivity contribution in [3.8, 4) is 0 Å². The molecule has 0 saturated heterocycles. The van der Waals surface area contributed by atoms with Gasteiger partial charge in [0.25, 0.3) is 5.69 Å². The van der Waals surface area contributed by atoms with E-state index >= 15 is 0 Å². The van der Waals surface area contributed by atoms with Gasteiger partial charge >= 0.3 is 0 Å². The molecule has 0 atom stereocenters. The third kappa shape index (κ3) is 3.96. The molecule has 1 amide bonds. The molecule has 0 unspecified atom stereocenters. The Labute approximate surface area is 124 Å². The van der Waals surface area contributed by atoms with Gasteiger partial charge < -0.3 is 5.32 Å². The second-order valence-corrected chi connectivity index (χ2v) is 5.47. The van der Waals surface area contributed by atoms with E-state index < -0.39 is 4.92 Å². The molecule has 0 fully saturated rings. The molecule has 0 spiro atoms. The lowest BCUT2D eigenvalue weighted by atomic mass is 10.2. The maximum Gasteiger partial charge on any atom is 0.271 e. The molecule has 110 valence electrons. The van der Waals surface area contributed by atoms with Gasteiger partial charge in [0.15, 0.2) is 0 Å². The van der Waals surface area contributed by atoms with Gasteiger partial charge in [-0.15, -0.1) is 10.2 Å². The van der Waals surface area contributed by atoms with E-state index in [1.165, 1.54) is 23.5 Å². The molecule has 0 aliphatic carbocycles. The first-order chi connectivity index (χ1) is 9.95. The van der Waals surface area contributed by atoms with Crippen LogP contribution >= 0.6 is 11.3 Å². The summed E-state index contributed by atoms with van der Waals surface area (Å²) in [5.41, 5.74) is 1.34. The van der Waals surface area contributed by atoms with Gasteiger partial charge in [-0.25, -0.2) is 0 Å². The fourth-order valence-corrected chi connectivity index (χ4v) is 2.21. The van der Waals surface area contributed by atoms with Crippen molar-refractivity contribution in [2.75, 3.05) is 17.2 Å². The van der Waals surface area contributed by atoms with Crippen LogP contribution in [-0.2, 0) is 4.79 Å². The lowest BCUT2D eigenvalue weighted by Gasteiger charge is -2.08. The third-order valence-electron chi connectivity index (χ3n) is 2.64. The summed E-state index contributed by atoms with van der Waals surface area (Å²) in [4.78, 5) is 22.0. The van der Waals surface area contributed by atoms with Crippen molar-refractivity contribution < 1.29 is 9.72 Å². The number of aryl methyl sites for hydroxylation is 2. The van der Waals surface area contributed by atoms with Crippen LogP contribution in [0.1, 0.15) is 10.6 Å². The Bertz CT molecular complexity index is 685. The summed E-state index contributed by atoms with van der Waals surface area (Å²) in [5, 5.41) is 25.0. The number of nitro groups is 1. The maximum absolute atomic E-state index is 11.8. The van der Waals surface area contributed by atoms with Gasteiger partial charge in [0, 0.05) is 17.8 Å². The molecule has 2 aromatic rings. The van der Waals surface area contributed by atoms with Gasteiger partial charge in [0.05, 0.1) is 11.5 Å². The van der Waals surface area contributed by atoms with Crippen LogP contribution in [0, 0.1) is 24.0 Å². The number of carbonyl (C=O) groups excluding carboxylic acids is 1. The average Bonchev–Trinajstić information content (AvgIpc) is 2.82. The van der Waals surface area contributed by atoms with E-state index in [0.717, 1.165) is 10.6 Å². The number of non-ortho nitro benzene ring substituents is 1. The fourth-order valence-electron chi connectivity index (χ4n) is 1.60. The summed E-state index contributed by atoms with van der Waals surface area (Å²) < 4.78 is 0. The molecule has 0 radical (unpaired) electrons. The number of rotatable bonds is 5. The van der Waals surface area contributed by atoms with Crippen molar-refractivity contribution in [1.82, 2.24) is 10.2 Å². The largest absolute Gasteiger partial charge is 0.376 e.